The fourth-order valence-electron chi connectivity index (χ4n) is 3.08. The van der Waals surface area contributed by atoms with Crippen molar-refractivity contribution in [2.24, 2.45) is 0 Å². The zero-order valence-electron chi connectivity index (χ0n) is 16.2. The smallest absolute Gasteiger partial charge is 0.322 e. The number of carbonyl (C=O) groups is 1. The van der Waals surface area contributed by atoms with E-state index < -0.39 is 5.92 Å². The molecule has 7 heteroatoms. The van der Waals surface area contributed by atoms with E-state index in [0.717, 1.165) is 11.1 Å². The molecule has 146 valence electrons. The van der Waals surface area contributed by atoms with Crippen LogP contribution in [0.5, 0.6) is 0 Å². The van der Waals surface area contributed by atoms with Gasteiger partial charge in [0.2, 0.25) is 5.91 Å². The van der Waals surface area contributed by atoms with Crippen LogP contribution < -0.4 is 5.32 Å². The number of aromatic nitrogens is 4. The Hall–Kier alpha value is -3.74. The summed E-state index contributed by atoms with van der Waals surface area (Å²) in [7, 11) is 0. The number of anilines is 1. The van der Waals surface area contributed by atoms with Gasteiger partial charge in [0.25, 0.3) is 5.89 Å². The fraction of sp³-hybridized carbons (Fsp3) is 0.182. The van der Waals surface area contributed by atoms with Crippen molar-refractivity contribution in [1.82, 2.24) is 20.0 Å². The Bertz CT molecular complexity index is 1050. The minimum absolute atomic E-state index is 0.0426. The van der Waals surface area contributed by atoms with E-state index in [-0.39, 0.29) is 23.9 Å². The Kier molecular flexibility index (Phi) is 5.20. The molecule has 1 N–H and O–H groups in total. The molecule has 0 radical (unpaired) electrons. The van der Waals surface area contributed by atoms with Crippen LogP contribution in [0.4, 0.5) is 6.01 Å². The maximum Gasteiger partial charge on any atom is 0.322 e. The van der Waals surface area contributed by atoms with E-state index >= 15 is 0 Å². The van der Waals surface area contributed by atoms with Gasteiger partial charge in [-0.15, -0.1) is 5.10 Å². The van der Waals surface area contributed by atoms with Gasteiger partial charge in [-0.2, -0.15) is 5.10 Å². The Morgan fingerprint density at radius 3 is 2.10 bits per heavy atom. The third-order valence-corrected chi connectivity index (χ3v) is 4.54. The van der Waals surface area contributed by atoms with Crippen molar-refractivity contribution in [2.75, 3.05) is 5.32 Å². The summed E-state index contributed by atoms with van der Waals surface area (Å²) in [5.41, 5.74) is 2.33. The highest BCUT2D eigenvalue weighted by atomic mass is 16.4. The number of benzene rings is 2. The molecule has 0 aliphatic heterocycles. The number of nitrogens with one attached hydrogen (secondary N) is 1. The van der Waals surface area contributed by atoms with Gasteiger partial charge < -0.3 is 4.42 Å². The topological polar surface area (TPSA) is 85.8 Å². The Labute approximate surface area is 168 Å². The van der Waals surface area contributed by atoms with Gasteiger partial charge in [-0.1, -0.05) is 65.8 Å². The number of nitrogens with zero attached hydrogens (tertiary/aromatic N) is 4. The van der Waals surface area contributed by atoms with Crippen molar-refractivity contribution in [3.63, 3.8) is 0 Å². The molecule has 0 spiro atoms. The minimum Gasteiger partial charge on any atom is -0.401 e. The predicted octanol–water partition coefficient (Wildman–Crippen LogP) is 4.28. The lowest BCUT2D eigenvalue weighted by atomic mass is 9.90. The number of carbonyl (C=O) groups excluding carboxylic acids is 1. The predicted molar refractivity (Wildman–Crippen MR) is 109 cm³/mol. The summed E-state index contributed by atoms with van der Waals surface area (Å²) >= 11 is 0. The fourth-order valence-corrected chi connectivity index (χ4v) is 3.08. The molecule has 0 atom stereocenters. The van der Waals surface area contributed by atoms with Crippen molar-refractivity contribution in [2.45, 2.75) is 25.8 Å². The Morgan fingerprint density at radius 1 is 0.931 bits per heavy atom. The third kappa shape index (κ3) is 4.08. The molecule has 0 fully saturated rings. The molecule has 2 aromatic heterocycles. The van der Waals surface area contributed by atoms with Crippen LogP contribution in [0.1, 0.15) is 36.9 Å². The molecule has 4 rings (SSSR count). The molecular formula is C22H21N5O2. The normalized spacial score (nSPS) is 11.2. The van der Waals surface area contributed by atoms with E-state index in [9.17, 15) is 4.79 Å². The number of rotatable bonds is 6. The number of amides is 1. The van der Waals surface area contributed by atoms with Gasteiger partial charge in [-0.25, -0.2) is 0 Å². The van der Waals surface area contributed by atoms with Crippen LogP contribution in [-0.4, -0.2) is 25.9 Å². The van der Waals surface area contributed by atoms with Gasteiger partial charge in [0.15, 0.2) is 0 Å². The first-order valence-electron chi connectivity index (χ1n) is 9.41. The monoisotopic (exact) mass is 387 g/mol. The summed E-state index contributed by atoms with van der Waals surface area (Å²) in [4.78, 5) is 13.1. The van der Waals surface area contributed by atoms with Crippen LogP contribution in [-0.2, 0) is 4.79 Å². The van der Waals surface area contributed by atoms with Crippen LogP contribution >= 0.6 is 0 Å². The first-order chi connectivity index (χ1) is 14.1. The zero-order chi connectivity index (χ0) is 20.2. The minimum atomic E-state index is -0.493. The van der Waals surface area contributed by atoms with Crippen molar-refractivity contribution in [3.05, 3.63) is 84.1 Å². The molecule has 0 saturated heterocycles. The molecule has 0 unspecified atom stereocenters. The third-order valence-electron chi connectivity index (χ3n) is 4.54. The van der Waals surface area contributed by atoms with Crippen molar-refractivity contribution in [1.29, 1.82) is 0 Å². The van der Waals surface area contributed by atoms with Crippen LogP contribution in [0.2, 0.25) is 0 Å². The van der Waals surface area contributed by atoms with Crippen molar-refractivity contribution >= 4 is 11.9 Å². The molecule has 0 aliphatic rings. The highest BCUT2D eigenvalue weighted by molar-refractivity contribution is 5.96. The van der Waals surface area contributed by atoms with Crippen LogP contribution in [0.15, 0.2) is 77.3 Å². The average molecular weight is 387 g/mol. The summed E-state index contributed by atoms with van der Waals surface area (Å²) in [6.07, 6.45) is 1.85. The molecule has 2 aromatic carbocycles. The van der Waals surface area contributed by atoms with Crippen LogP contribution in [0.3, 0.4) is 0 Å². The SMILES string of the molecule is CC(C)n1ccc(-c2nnc(NC(=O)C(c3ccccc3)c3ccccc3)o2)n1. The second-order valence-corrected chi connectivity index (χ2v) is 6.93. The maximum absolute atomic E-state index is 13.1. The van der Waals surface area contributed by atoms with Crippen LogP contribution in [0.25, 0.3) is 11.6 Å². The highest BCUT2D eigenvalue weighted by Gasteiger charge is 2.24. The van der Waals surface area contributed by atoms with Gasteiger partial charge in [-0.05, 0) is 31.0 Å². The van der Waals surface area contributed by atoms with Gasteiger partial charge in [0, 0.05) is 12.2 Å². The van der Waals surface area contributed by atoms with E-state index in [4.69, 9.17) is 4.42 Å². The number of hydrogen-bond acceptors (Lipinski definition) is 5. The van der Waals surface area contributed by atoms with Gasteiger partial charge in [0.05, 0.1) is 5.92 Å². The van der Waals surface area contributed by atoms with E-state index in [1.54, 1.807) is 10.7 Å². The summed E-state index contributed by atoms with van der Waals surface area (Å²) in [5, 5.41) is 15.1. The molecule has 0 saturated carbocycles. The first kappa shape index (κ1) is 18.6. The highest BCUT2D eigenvalue weighted by Crippen LogP contribution is 2.27. The van der Waals surface area contributed by atoms with E-state index in [1.165, 1.54) is 0 Å². The lowest BCUT2D eigenvalue weighted by Crippen LogP contribution is -2.22. The van der Waals surface area contributed by atoms with E-state index in [2.05, 4.69) is 20.6 Å². The molecule has 0 bridgehead atoms. The summed E-state index contributed by atoms with van der Waals surface area (Å²) in [6.45, 7) is 4.06. The molecule has 1 amide bonds. The van der Waals surface area contributed by atoms with Gasteiger partial charge in [-0.3, -0.25) is 14.8 Å². The van der Waals surface area contributed by atoms with Gasteiger partial charge >= 0.3 is 6.01 Å². The summed E-state index contributed by atoms with van der Waals surface area (Å²) in [5.74, 6) is -0.478. The molecule has 4 aromatic rings. The standard InChI is InChI=1S/C22H21N5O2/c1-15(2)27-14-13-18(26-27)21-24-25-22(29-21)23-20(28)19(16-9-5-3-6-10-16)17-11-7-4-8-12-17/h3-15,19H,1-2H3,(H,23,25,28). The summed E-state index contributed by atoms with van der Waals surface area (Å²) < 4.78 is 7.43. The molecule has 0 aliphatic carbocycles. The van der Waals surface area contributed by atoms with E-state index in [1.807, 2.05) is 80.7 Å². The maximum atomic E-state index is 13.1. The van der Waals surface area contributed by atoms with Crippen LogP contribution in [0, 0.1) is 0 Å². The lowest BCUT2D eigenvalue weighted by molar-refractivity contribution is -0.116. The Balaban J connectivity index is 1.57. The van der Waals surface area contributed by atoms with Crippen molar-refractivity contribution < 1.29 is 9.21 Å². The molecule has 7 nitrogen and oxygen atoms in total. The first-order valence-corrected chi connectivity index (χ1v) is 9.41. The number of hydrogen-bond donors (Lipinski definition) is 1. The van der Waals surface area contributed by atoms with E-state index in [0.29, 0.717) is 5.69 Å². The second kappa shape index (κ2) is 8.10. The Morgan fingerprint density at radius 2 is 1.55 bits per heavy atom. The second-order valence-electron chi connectivity index (χ2n) is 6.93. The molecular weight excluding hydrogens is 366 g/mol. The lowest BCUT2D eigenvalue weighted by Gasteiger charge is -2.16. The molecule has 29 heavy (non-hydrogen) atoms. The summed E-state index contributed by atoms with van der Waals surface area (Å²) in [6, 6.07) is 21.3. The average Bonchev–Trinajstić information content (AvgIpc) is 3.39. The van der Waals surface area contributed by atoms with Crippen molar-refractivity contribution in [3.8, 4) is 11.6 Å². The van der Waals surface area contributed by atoms with Gasteiger partial charge in [0.1, 0.15) is 5.69 Å². The molecule has 2 heterocycles. The zero-order valence-corrected chi connectivity index (χ0v) is 16.2. The largest absolute Gasteiger partial charge is 0.401 e. The quantitative estimate of drug-likeness (QED) is 0.533.